The van der Waals surface area contributed by atoms with Crippen molar-refractivity contribution in [3.63, 3.8) is 0 Å². The van der Waals surface area contributed by atoms with Gasteiger partial charge in [-0.05, 0) is 25.9 Å². The van der Waals surface area contributed by atoms with Crippen LogP contribution in [0.3, 0.4) is 0 Å². The molecular weight excluding hydrogens is 248 g/mol. The molecule has 5 nitrogen and oxygen atoms in total. The van der Waals surface area contributed by atoms with E-state index >= 15 is 0 Å². The topological polar surface area (TPSA) is 59.0 Å². The Bertz CT molecular complexity index is 349. The number of piperidine rings is 1. The van der Waals surface area contributed by atoms with Gasteiger partial charge in [-0.1, -0.05) is 0 Å². The Labute approximate surface area is 112 Å². The molecule has 0 radical (unpaired) electrons. The summed E-state index contributed by atoms with van der Waals surface area (Å²) in [5, 5.41) is 6.91. The van der Waals surface area contributed by atoms with Crippen molar-refractivity contribution in [1.82, 2.24) is 20.2 Å². The quantitative estimate of drug-likeness (QED) is 0.788. The van der Waals surface area contributed by atoms with Gasteiger partial charge in [0, 0.05) is 30.7 Å². The van der Waals surface area contributed by atoms with Gasteiger partial charge in [0.25, 0.3) is 0 Å². The lowest BCUT2D eigenvalue weighted by Gasteiger charge is -2.21. The van der Waals surface area contributed by atoms with E-state index in [9.17, 15) is 4.79 Å². The van der Waals surface area contributed by atoms with Crippen LogP contribution < -0.4 is 10.6 Å². The van der Waals surface area contributed by atoms with Crippen LogP contribution in [0, 0.1) is 0 Å². The molecule has 18 heavy (non-hydrogen) atoms. The zero-order valence-electron chi connectivity index (χ0n) is 10.5. The number of hydrogen-bond acceptors (Lipinski definition) is 4. The minimum Gasteiger partial charge on any atom is -0.354 e. The second-order valence-electron chi connectivity index (χ2n) is 4.41. The van der Waals surface area contributed by atoms with Gasteiger partial charge in [-0.25, -0.2) is 4.98 Å². The molecule has 1 amide bonds. The maximum absolute atomic E-state index is 11.6. The molecule has 2 rings (SSSR count). The molecule has 2 heterocycles. The lowest BCUT2D eigenvalue weighted by Crippen LogP contribution is -2.32. The summed E-state index contributed by atoms with van der Waals surface area (Å²) in [4.78, 5) is 15.6. The van der Waals surface area contributed by atoms with Gasteiger partial charge in [-0.2, -0.15) is 0 Å². The van der Waals surface area contributed by atoms with Crippen molar-refractivity contribution in [3.05, 3.63) is 18.7 Å². The van der Waals surface area contributed by atoms with E-state index in [1.165, 1.54) is 12.8 Å². The minimum absolute atomic E-state index is 0.138. The number of nitrogens with zero attached hydrogens (tertiary/aromatic N) is 2. The number of aromatic nitrogens is 2. The Morgan fingerprint density at radius 1 is 1.50 bits per heavy atom. The van der Waals surface area contributed by atoms with Crippen LogP contribution in [0.15, 0.2) is 18.7 Å². The molecule has 1 fully saturated rings. The summed E-state index contributed by atoms with van der Waals surface area (Å²) in [6.45, 7) is 3.62. The number of imidazole rings is 1. The van der Waals surface area contributed by atoms with Crippen LogP contribution in [-0.4, -0.2) is 46.1 Å². The average Bonchev–Trinajstić information content (AvgIpc) is 2.91. The molecule has 0 atom stereocenters. The number of thioether (sulfide) groups is 1. The molecule has 1 aromatic heterocycles. The molecule has 2 N–H and O–H groups in total. The van der Waals surface area contributed by atoms with Crippen molar-refractivity contribution in [2.45, 2.75) is 24.6 Å². The van der Waals surface area contributed by atoms with Crippen molar-refractivity contribution in [2.24, 2.45) is 0 Å². The standard InChI is InChI=1S/C12H20N4OS/c17-12(9-18-11-1-3-13-4-2-11)15-6-8-16-7-5-14-10-16/h5,7,10-11,13H,1-4,6,8-9H2,(H,15,17). The van der Waals surface area contributed by atoms with E-state index < -0.39 is 0 Å². The summed E-state index contributed by atoms with van der Waals surface area (Å²) in [6.07, 6.45) is 7.75. The molecule has 0 spiro atoms. The van der Waals surface area contributed by atoms with Crippen LogP contribution in [-0.2, 0) is 11.3 Å². The first kappa shape index (κ1) is 13.4. The fraction of sp³-hybridized carbons (Fsp3) is 0.667. The van der Waals surface area contributed by atoms with E-state index in [1.54, 1.807) is 24.3 Å². The van der Waals surface area contributed by atoms with E-state index in [2.05, 4.69) is 15.6 Å². The van der Waals surface area contributed by atoms with Crippen LogP contribution in [0.2, 0.25) is 0 Å². The highest BCUT2D eigenvalue weighted by atomic mass is 32.2. The van der Waals surface area contributed by atoms with Crippen LogP contribution >= 0.6 is 11.8 Å². The fourth-order valence-corrected chi connectivity index (χ4v) is 3.01. The molecule has 6 heteroatoms. The molecule has 0 aromatic carbocycles. The predicted molar refractivity (Wildman–Crippen MR) is 73.6 cm³/mol. The Balaban J connectivity index is 1.54. The smallest absolute Gasteiger partial charge is 0.230 e. The highest BCUT2D eigenvalue weighted by Crippen LogP contribution is 2.19. The van der Waals surface area contributed by atoms with Crippen LogP contribution in [0.1, 0.15) is 12.8 Å². The summed E-state index contributed by atoms with van der Waals surface area (Å²) in [7, 11) is 0. The average molecular weight is 268 g/mol. The van der Waals surface area contributed by atoms with Gasteiger partial charge in [-0.15, -0.1) is 11.8 Å². The Morgan fingerprint density at radius 2 is 2.33 bits per heavy atom. The van der Waals surface area contributed by atoms with Gasteiger partial charge in [0.2, 0.25) is 5.91 Å². The highest BCUT2D eigenvalue weighted by molar-refractivity contribution is 8.00. The van der Waals surface area contributed by atoms with E-state index in [4.69, 9.17) is 0 Å². The SMILES string of the molecule is O=C(CSC1CCNCC1)NCCn1ccnc1. The number of carbonyl (C=O) groups excluding carboxylic acids is 1. The minimum atomic E-state index is 0.138. The molecule has 1 aliphatic rings. The Kier molecular flexibility index (Phi) is 5.54. The summed E-state index contributed by atoms with van der Waals surface area (Å²) in [5.41, 5.74) is 0. The van der Waals surface area contributed by atoms with E-state index in [0.717, 1.165) is 19.6 Å². The molecule has 0 saturated carbocycles. The first-order valence-corrected chi connectivity index (χ1v) is 7.44. The molecule has 1 saturated heterocycles. The summed E-state index contributed by atoms with van der Waals surface area (Å²) < 4.78 is 1.96. The third-order valence-corrected chi connectivity index (χ3v) is 4.36. The Morgan fingerprint density at radius 3 is 3.06 bits per heavy atom. The zero-order chi connectivity index (χ0) is 12.6. The molecular formula is C12H20N4OS. The van der Waals surface area contributed by atoms with E-state index in [-0.39, 0.29) is 5.91 Å². The van der Waals surface area contributed by atoms with Gasteiger partial charge in [0.1, 0.15) is 0 Å². The summed E-state index contributed by atoms with van der Waals surface area (Å²) in [5.74, 6) is 0.716. The zero-order valence-corrected chi connectivity index (χ0v) is 11.3. The Hall–Kier alpha value is -1.01. The molecule has 0 aliphatic carbocycles. The second-order valence-corrected chi connectivity index (χ2v) is 5.70. The maximum atomic E-state index is 11.6. The fourth-order valence-electron chi connectivity index (χ4n) is 1.95. The lowest BCUT2D eigenvalue weighted by atomic mass is 10.2. The van der Waals surface area contributed by atoms with Gasteiger partial charge in [0.05, 0.1) is 12.1 Å². The number of carbonyl (C=O) groups is 1. The number of nitrogens with one attached hydrogen (secondary N) is 2. The number of rotatable bonds is 6. The largest absolute Gasteiger partial charge is 0.354 e. The van der Waals surface area contributed by atoms with Crippen molar-refractivity contribution in [3.8, 4) is 0 Å². The third kappa shape index (κ3) is 4.70. The first-order valence-electron chi connectivity index (χ1n) is 6.39. The molecule has 0 bridgehead atoms. The van der Waals surface area contributed by atoms with Crippen LogP contribution in [0.25, 0.3) is 0 Å². The molecule has 0 unspecified atom stereocenters. The second kappa shape index (κ2) is 7.43. The normalized spacial score (nSPS) is 16.7. The van der Waals surface area contributed by atoms with Crippen LogP contribution in [0.4, 0.5) is 0 Å². The summed E-state index contributed by atoms with van der Waals surface area (Å²) >= 11 is 1.78. The van der Waals surface area contributed by atoms with Gasteiger partial charge in [-0.3, -0.25) is 4.79 Å². The molecule has 100 valence electrons. The highest BCUT2D eigenvalue weighted by Gasteiger charge is 2.14. The van der Waals surface area contributed by atoms with Gasteiger partial charge >= 0.3 is 0 Å². The monoisotopic (exact) mass is 268 g/mol. The summed E-state index contributed by atoms with van der Waals surface area (Å²) in [6, 6.07) is 0. The van der Waals surface area contributed by atoms with Gasteiger partial charge in [0.15, 0.2) is 0 Å². The van der Waals surface area contributed by atoms with Gasteiger partial charge < -0.3 is 15.2 Å². The first-order chi connectivity index (χ1) is 8.84. The predicted octanol–water partition coefficient (Wildman–Crippen LogP) is 0.485. The number of hydrogen-bond donors (Lipinski definition) is 2. The maximum Gasteiger partial charge on any atom is 0.230 e. The molecule has 1 aromatic rings. The molecule has 1 aliphatic heterocycles. The van der Waals surface area contributed by atoms with Crippen LogP contribution in [0.5, 0.6) is 0 Å². The lowest BCUT2D eigenvalue weighted by molar-refractivity contribution is -0.118. The van der Waals surface area contributed by atoms with Crippen molar-refractivity contribution in [2.75, 3.05) is 25.4 Å². The van der Waals surface area contributed by atoms with E-state index in [1.807, 2.05) is 10.8 Å². The van der Waals surface area contributed by atoms with Crippen molar-refractivity contribution in [1.29, 1.82) is 0 Å². The third-order valence-electron chi connectivity index (χ3n) is 2.99. The van der Waals surface area contributed by atoms with Crippen molar-refractivity contribution < 1.29 is 4.79 Å². The number of amides is 1. The van der Waals surface area contributed by atoms with E-state index in [0.29, 0.717) is 17.5 Å². The van der Waals surface area contributed by atoms with Crippen molar-refractivity contribution >= 4 is 17.7 Å².